The number of carbonyl (C=O) groups is 1. The number of hydrogen-bond acceptors (Lipinski definition) is 3. The summed E-state index contributed by atoms with van der Waals surface area (Å²) >= 11 is 0. The van der Waals surface area contributed by atoms with Crippen LogP contribution in [0.25, 0.3) is 0 Å². The molecule has 0 aromatic heterocycles. The van der Waals surface area contributed by atoms with E-state index in [1.54, 1.807) is 0 Å². The van der Waals surface area contributed by atoms with Gasteiger partial charge in [0, 0.05) is 13.0 Å². The third-order valence-electron chi connectivity index (χ3n) is 3.07. The number of nitrogens with one attached hydrogen (secondary N) is 1. The predicted molar refractivity (Wildman–Crippen MR) is 70.4 cm³/mol. The molecule has 0 aliphatic carbocycles. The highest BCUT2D eigenvalue weighted by atomic mass is 16.5. The van der Waals surface area contributed by atoms with Crippen LogP contribution in [0.1, 0.15) is 30.4 Å². The van der Waals surface area contributed by atoms with Crippen molar-refractivity contribution in [1.29, 1.82) is 0 Å². The fraction of sp³-hybridized carbons (Fsp3) is 0.500. The van der Waals surface area contributed by atoms with E-state index < -0.39 is 0 Å². The van der Waals surface area contributed by atoms with E-state index in [-0.39, 0.29) is 5.91 Å². The third-order valence-corrected chi connectivity index (χ3v) is 3.07. The molecule has 3 N–H and O–H groups in total. The molecule has 1 aromatic carbocycles. The van der Waals surface area contributed by atoms with Crippen molar-refractivity contribution in [2.75, 3.05) is 13.2 Å². The van der Waals surface area contributed by atoms with E-state index in [0.717, 1.165) is 37.2 Å². The Labute approximate surface area is 108 Å². The molecule has 1 aliphatic rings. The van der Waals surface area contributed by atoms with Crippen molar-refractivity contribution in [1.82, 2.24) is 5.32 Å². The van der Waals surface area contributed by atoms with Crippen LogP contribution < -0.4 is 15.8 Å². The van der Waals surface area contributed by atoms with Crippen molar-refractivity contribution >= 4 is 5.91 Å². The predicted octanol–water partition coefficient (Wildman–Crippen LogP) is 1.37. The zero-order valence-electron chi connectivity index (χ0n) is 10.6. The quantitative estimate of drug-likeness (QED) is 0.827. The Morgan fingerprint density at radius 3 is 3.17 bits per heavy atom. The summed E-state index contributed by atoms with van der Waals surface area (Å²) in [4.78, 5) is 11.5. The van der Waals surface area contributed by atoms with E-state index in [9.17, 15) is 4.79 Å². The first-order chi connectivity index (χ1) is 8.79. The summed E-state index contributed by atoms with van der Waals surface area (Å²) < 4.78 is 5.56. The van der Waals surface area contributed by atoms with Gasteiger partial charge in [-0.2, -0.15) is 0 Å². The largest absolute Gasteiger partial charge is 0.493 e. The number of carbonyl (C=O) groups excluding carboxylic acids is 1. The van der Waals surface area contributed by atoms with Gasteiger partial charge in [-0.1, -0.05) is 12.1 Å². The van der Waals surface area contributed by atoms with Crippen molar-refractivity contribution < 1.29 is 9.53 Å². The number of rotatable bonds is 5. The maximum atomic E-state index is 11.5. The number of benzene rings is 1. The van der Waals surface area contributed by atoms with Crippen LogP contribution in [0.15, 0.2) is 18.2 Å². The SMILES string of the molecule is NCCCC(=O)NCc1ccc2c(c1)CCCO2. The van der Waals surface area contributed by atoms with Crippen molar-refractivity contribution in [2.24, 2.45) is 5.73 Å². The molecule has 98 valence electrons. The van der Waals surface area contributed by atoms with Gasteiger partial charge < -0.3 is 15.8 Å². The first-order valence-electron chi connectivity index (χ1n) is 6.51. The lowest BCUT2D eigenvalue weighted by molar-refractivity contribution is -0.121. The van der Waals surface area contributed by atoms with E-state index in [1.165, 1.54) is 5.56 Å². The minimum atomic E-state index is 0.0643. The van der Waals surface area contributed by atoms with Gasteiger partial charge in [0.25, 0.3) is 0 Å². The highest BCUT2D eigenvalue weighted by Crippen LogP contribution is 2.25. The average Bonchev–Trinajstić information content (AvgIpc) is 2.42. The van der Waals surface area contributed by atoms with Crippen molar-refractivity contribution in [3.63, 3.8) is 0 Å². The lowest BCUT2D eigenvalue weighted by Crippen LogP contribution is -2.23. The molecule has 1 aromatic rings. The molecule has 4 nitrogen and oxygen atoms in total. The zero-order chi connectivity index (χ0) is 12.8. The Kier molecular flexibility index (Phi) is 4.59. The molecule has 0 atom stereocenters. The Morgan fingerprint density at radius 1 is 1.44 bits per heavy atom. The molecule has 2 rings (SSSR count). The Balaban J connectivity index is 1.88. The van der Waals surface area contributed by atoms with Gasteiger partial charge in [-0.15, -0.1) is 0 Å². The van der Waals surface area contributed by atoms with Crippen molar-refractivity contribution in [2.45, 2.75) is 32.2 Å². The average molecular weight is 248 g/mol. The van der Waals surface area contributed by atoms with Gasteiger partial charge in [-0.25, -0.2) is 0 Å². The zero-order valence-corrected chi connectivity index (χ0v) is 10.6. The molecule has 1 aliphatic heterocycles. The van der Waals surface area contributed by atoms with Gasteiger partial charge in [-0.05, 0) is 43.0 Å². The smallest absolute Gasteiger partial charge is 0.220 e. The van der Waals surface area contributed by atoms with Gasteiger partial charge >= 0.3 is 0 Å². The topological polar surface area (TPSA) is 64.4 Å². The van der Waals surface area contributed by atoms with E-state index in [1.807, 2.05) is 12.1 Å². The molecular weight excluding hydrogens is 228 g/mol. The Morgan fingerprint density at radius 2 is 2.33 bits per heavy atom. The molecule has 18 heavy (non-hydrogen) atoms. The fourth-order valence-corrected chi connectivity index (χ4v) is 2.08. The van der Waals surface area contributed by atoms with Crippen LogP contribution in [-0.4, -0.2) is 19.1 Å². The molecule has 0 spiro atoms. The normalized spacial score (nSPS) is 13.6. The van der Waals surface area contributed by atoms with E-state index in [0.29, 0.717) is 19.5 Å². The molecule has 0 bridgehead atoms. The van der Waals surface area contributed by atoms with E-state index >= 15 is 0 Å². The molecule has 0 saturated heterocycles. The second-order valence-electron chi connectivity index (χ2n) is 4.56. The van der Waals surface area contributed by atoms with Gasteiger partial charge in [0.15, 0.2) is 0 Å². The summed E-state index contributed by atoms with van der Waals surface area (Å²) in [6, 6.07) is 6.13. The number of ether oxygens (including phenoxy) is 1. The molecular formula is C14H20N2O2. The monoisotopic (exact) mass is 248 g/mol. The summed E-state index contributed by atoms with van der Waals surface area (Å²) in [5.74, 6) is 1.05. The van der Waals surface area contributed by atoms with E-state index in [2.05, 4.69) is 11.4 Å². The van der Waals surface area contributed by atoms with Crippen LogP contribution in [0.3, 0.4) is 0 Å². The number of nitrogens with two attached hydrogens (primary N) is 1. The second-order valence-corrected chi connectivity index (χ2v) is 4.56. The number of fused-ring (bicyclic) bond motifs is 1. The maximum absolute atomic E-state index is 11.5. The number of aryl methyl sites for hydroxylation is 1. The number of amides is 1. The molecule has 4 heteroatoms. The molecule has 0 unspecified atom stereocenters. The van der Waals surface area contributed by atoms with Crippen LogP contribution in [0.5, 0.6) is 5.75 Å². The van der Waals surface area contributed by atoms with E-state index in [4.69, 9.17) is 10.5 Å². The van der Waals surface area contributed by atoms with Crippen LogP contribution in [0.2, 0.25) is 0 Å². The lowest BCUT2D eigenvalue weighted by Gasteiger charge is -2.18. The fourth-order valence-electron chi connectivity index (χ4n) is 2.08. The molecule has 0 fully saturated rings. The van der Waals surface area contributed by atoms with Gasteiger partial charge in [0.05, 0.1) is 6.61 Å². The highest BCUT2D eigenvalue weighted by molar-refractivity contribution is 5.75. The summed E-state index contributed by atoms with van der Waals surface area (Å²) in [6.45, 7) is 1.95. The van der Waals surface area contributed by atoms with Gasteiger partial charge in [0.1, 0.15) is 5.75 Å². The minimum Gasteiger partial charge on any atom is -0.493 e. The first kappa shape index (κ1) is 12.9. The molecule has 0 radical (unpaired) electrons. The first-order valence-corrected chi connectivity index (χ1v) is 6.51. The third kappa shape index (κ3) is 3.47. The summed E-state index contributed by atoms with van der Waals surface area (Å²) in [5, 5.41) is 2.91. The summed E-state index contributed by atoms with van der Waals surface area (Å²) in [6.07, 6.45) is 3.37. The van der Waals surface area contributed by atoms with Gasteiger partial charge in [0.2, 0.25) is 5.91 Å². The van der Waals surface area contributed by atoms with Gasteiger partial charge in [-0.3, -0.25) is 4.79 Å². The molecule has 0 saturated carbocycles. The van der Waals surface area contributed by atoms with Crippen molar-refractivity contribution in [3.05, 3.63) is 29.3 Å². The Bertz CT molecular complexity index is 418. The summed E-state index contributed by atoms with van der Waals surface area (Å²) in [7, 11) is 0. The summed E-state index contributed by atoms with van der Waals surface area (Å²) in [5.41, 5.74) is 7.74. The molecule has 1 heterocycles. The van der Waals surface area contributed by atoms with Crippen LogP contribution in [-0.2, 0) is 17.8 Å². The minimum absolute atomic E-state index is 0.0643. The second kappa shape index (κ2) is 6.40. The standard InChI is InChI=1S/C14H20N2O2/c15-7-1-4-14(17)16-10-11-5-6-13-12(9-11)3-2-8-18-13/h5-6,9H,1-4,7-8,10,15H2,(H,16,17). The lowest BCUT2D eigenvalue weighted by atomic mass is 10.0. The Hall–Kier alpha value is -1.55. The van der Waals surface area contributed by atoms with Crippen LogP contribution in [0, 0.1) is 0 Å². The molecule has 1 amide bonds. The highest BCUT2D eigenvalue weighted by Gasteiger charge is 2.10. The van der Waals surface area contributed by atoms with Crippen LogP contribution in [0.4, 0.5) is 0 Å². The van der Waals surface area contributed by atoms with Crippen LogP contribution >= 0.6 is 0 Å². The van der Waals surface area contributed by atoms with Crippen molar-refractivity contribution in [3.8, 4) is 5.75 Å². The maximum Gasteiger partial charge on any atom is 0.220 e. The number of hydrogen-bond donors (Lipinski definition) is 2.